The van der Waals surface area contributed by atoms with Gasteiger partial charge in [-0.05, 0) is 36.8 Å². The molecule has 1 aliphatic carbocycles. The first-order valence-corrected chi connectivity index (χ1v) is 6.64. The van der Waals surface area contributed by atoms with Crippen LogP contribution in [0.15, 0.2) is 24.3 Å². The van der Waals surface area contributed by atoms with Gasteiger partial charge in [-0.2, -0.15) is 0 Å². The van der Waals surface area contributed by atoms with Crippen LogP contribution in [0.1, 0.15) is 37.3 Å². The molecule has 3 rings (SSSR count). The third-order valence-corrected chi connectivity index (χ3v) is 4.48. The Morgan fingerprint density at radius 2 is 2.11 bits per heavy atom. The van der Waals surface area contributed by atoms with E-state index in [1.165, 1.54) is 5.56 Å². The maximum absolute atomic E-state index is 12.4. The fourth-order valence-corrected chi connectivity index (χ4v) is 3.69. The van der Waals surface area contributed by atoms with Gasteiger partial charge in [0.2, 0.25) is 11.8 Å². The molecule has 1 aliphatic heterocycles. The summed E-state index contributed by atoms with van der Waals surface area (Å²) in [6, 6.07) is 8.08. The van der Waals surface area contributed by atoms with Crippen molar-refractivity contribution in [3.8, 4) is 0 Å². The normalized spacial score (nSPS) is 30.4. The molecule has 0 aromatic heterocycles. The number of aryl methyl sites for hydroxylation is 1. The van der Waals surface area contributed by atoms with E-state index in [4.69, 9.17) is 0 Å². The highest BCUT2D eigenvalue weighted by Crippen LogP contribution is 2.47. The molecule has 1 N–H and O–H groups in total. The number of carbonyl (C=O) groups excluding carboxylic acids is 2. The lowest BCUT2D eigenvalue weighted by Gasteiger charge is -2.36. The Balaban J connectivity index is 2.21. The van der Waals surface area contributed by atoms with E-state index in [-0.39, 0.29) is 17.7 Å². The maximum atomic E-state index is 12.4. The molecule has 0 saturated carbocycles. The van der Waals surface area contributed by atoms with E-state index >= 15 is 0 Å². The average Bonchev–Trinajstić information content (AvgIpc) is 2.62. The van der Waals surface area contributed by atoms with E-state index in [9.17, 15) is 9.59 Å². The van der Waals surface area contributed by atoms with Crippen molar-refractivity contribution in [2.45, 2.75) is 38.0 Å². The molecule has 2 aliphatic rings. The van der Waals surface area contributed by atoms with Gasteiger partial charge in [0.05, 0.1) is 11.3 Å². The van der Waals surface area contributed by atoms with Crippen molar-refractivity contribution >= 4 is 11.8 Å². The largest absolute Gasteiger partial charge is 0.295 e. The lowest BCUT2D eigenvalue weighted by atomic mass is 9.63. The van der Waals surface area contributed by atoms with Crippen molar-refractivity contribution in [1.29, 1.82) is 0 Å². The summed E-state index contributed by atoms with van der Waals surface area (Å²) in [4.78, 5) is 24.3. The van der Waals surface area contributed by atoms with Crippen molar-refractivity contribution in [2.24, 2.45) is 5.92 Å². The van der Waals surface area contributed by atoms with Gasteiger partial charge in [0, 0.05) is 0 Å². The second-order valence-electron chi connectivity index (χ2n) is 5.26. The van der Waals surface area contributed by atoms with Gasteiger partial charge in [-0.1, -0.05) is 31.2 Å². The number of fused-ring (bicyclic) bond motifs is 2. The molecule has 1 aromatic rings. The van der Waals surface area contributed by atoms with Gasteiger partial charge in [-0.25, -0.2) is 0 Å². The lowest BCUT2D eigenvalue weighted by molar-refractivity contribution is -0.126. The van der Waals surface area contributed by atoms with Gasteiger partial charge < -0.3 is 0 Å². The van der Waals surface area contributed by atoms with E-state index in [0.717, 1.165) is 24.8 Å². The second kappa shape index (κ2) is 3.94. The predicted molar refractivity (Wildman–Crippen MR) is 68.0 cm³/mol. The highest BCUT2D eigenvalue weighted by Gasteiger charge is 2.56. The molecule has 1 heterocycles. The fraction of sp³-hybridized carbons (Fsp3) is 0.467. The summed E-state index contributed by atoms with van der Waals surface area (Å²) in [6.07, 6.45) is 3.50. The fourth-order valence-electron chi connectivity index (χ4n) is 3.69. The number of benzene rings is 1. The van der Waals surface area contributed by atoms with Gasteiger partial charge in [-0.15, -0.1) is 0 Å². The predicted octanol–water partition coefficient (Wildman–Crippen LogP) is 1.94. The molecule has 2 atom stereocenters. The van der Waals surface area contributed by atoms with Crippen LogP contribution in [-0.4, -0.2) is 11.8 Å². The summed E-state index contributed by atoms with van der Waals surface area (Å²) in [5.41, 5.74) is 1.71. The quantitative estimate of drug-likeness (QED) is 0.766. The monoisotopic (exact) mass is 243 g/mol. The van der Waals surface area contributed by atoms with Crippen LogP contribution in [0, 0.1) is 5.92 Å². The zero-order chi connectivity index (χ0) is 12.8. The van der Waals surface area contributed by atoms with Crippen LogP contribution in [-0.2, 0) is 21.4 Å². The Bertz CT molecular complexity index is 523. The molecule has 94 valence electrons. The van der Waals surface area contributed by atoms with Gasteiger partial charge in [-0.3, -0.25) is 14.9 Å². The maximum Gasteiger partial charge on any atom is 0.238 e. The Kier molecular flexibility index (Phi) is 2.51. The first kappa shape index (κ1) is 11.5. The van der Waals surface area contributed by atoms with Crippen LogP contribution >= 0.6 is 0 Å². The van der Waals surface area contributed by atoms with Crippen LogP contribution < -0.4 is 5.32 Å². The summed E-state index contributed by atoms with van der Waals surface area (Å²) < 4.78 is 0. The molecule has 0 unspecified atom stereocenters. The Morgan fingerprint density at radius 1 is 1.33 bits per heavy atom. The first-order chi connectivity index (χ1) is 8.70. The van der Waals surface area contributed by atoms with Crippen LogP contribution in [0.3, 0.4) is 0 Å². The molecule has 3 nitrogen and oxygen atoms in total. The SMILES string of the molecule is CC[C@H]1C(=O)NC(=O)[C@@]12CCCc1ccccc12. The summed E-state index contributed by atoms with van der Waals surface area (Å²) >= 11 is 0. The first-order valence-electron chi connectivity index (χ1n) is 6.64. The molecular weight excluding hydrogens is 226 g/mol. The zero-order valence-corrected chi connectivity index (χ0v) is 10.5. The number of hydrogen-bond donors (Lipinski definition) is 1. The molecule has 3 heteroatoms. The summed E-state index contributed by atoms with van der Waals surface area (Å²) in [7, 11) is 0. The minimum absolute atomic E-state index is 0.0912. The van der Waals surface area contributed by atoms with E-state index in [0.29, 0.717) is 6.42 Å². The van der Waals surface area contributed by atoms with Crippen molar-refractivity contribution < 1.29 is 9.59 Å². The van der Waals surface area contributed by atoms with Gasteiger partial charge in [0.25, 0.3) is 0 Å². The second-order valence-corrected chi connectivity index (χ2v) is 5.26. The minimum atomic E-state index is -0.597. The van der Waals surface area contributed by atoms with Crippen molar-refractivity contribution in [2.75, 3.05) is 0 Å². The lowest BCUT2D eigenvalue weighted by Crippen LogP contribution is -2.42. The standard InChI is InChI=1S/C15H17NO2/c1-2-11-13(17)16-14(18)15(11)9-5-7-10-6-3-4-8-12(10)15/h3-4,6,8,11H,2,5,7,9H2,1H3,(H,16,17,18)/t11-,15-/m0/s1. The van der Waals surface area contributed by atoms with E-state index in [1.807, 2.05) is 25.1 Å². The summed E-state index contributed by atoms with van der Waals surface area (Å²) in [5.74, 6) is -0.392. The van der Waals surface area contributed by atoms with E-state index in [1.54, 1.807) is 0 Å². The molecule has 1 saturated heterocycles. The third kappa shape index (κ3) is 1.30. The topological polar surface area (TPSA) is 46.2 Å². The molecule has 1 fully saturated rings. The molecule has 0 radical (unpaired) electrons. The van der Waals surface area contributed by atoms with Gasteiger partial charge in [0.1, 0.15) is 0 Å². The average molecular weight is 243 g/mol. The van der Waals surface area contributed by atoms with Crippen molar-refractivity contribution in [3.05, 3.63) is 35.4 Å². The number of amides is 2. The number of hydrogen-bond acceptors (Lipinski definition) is 2. The number of carbonyl (C=O) groups is 2. The number of imide groups is 1. The van der Waals surface area contributed by atoms with E-state index in [2.05, 4.69) is 11.4 Å². The molecule has 1 aromatic carbocycles. The van der Waals surface area contributed by atoms with E-state index < -0.39 is 5.41 Å². The smallest absolute Gasteiger partial charge is 0.238 e. The van der Waals surface area contributed by atoms with Crippen LogP contribution in [0.2, 0.25) is 0 Å². The highest BCUT2D eigenvalue weighted by molar-refractivity contribution is 6.10. The van der Waals surface area contributed by atoms with Crippen molar-refractivity contribution in [1.82, 2.24) is 5.32 Å². The molecule has 0 bridgehead atoms. The highest BCUT2D eigenvalue weighted by atomic mass is 16.2. The Hall–Kier alpha value is -1.64. The Morgan fingerprint density at radius 3 is 2.89 bits per heavy atom. The van der Waals surface area contributed by atoms with Crippen molar-refractivity contribution in [3.63, 3.8) is 0 Å². The van der Waals surface area contributed by atoms with Gasteiger partial charge in [0.15, 0.2) is 0 Å². The number of nitrogens with one attached hydrogen (secondary N) is 1. The Labute approximate surface area is 107 Å². The molecular formula is C15H17NO2. The van der Waals surface area contributed by atoms with Crippen LogP contribution in [0.5, 0.6) is 0 Å². The third-order valence-electron chi connectivity index (χ3n) is 4.48. The van der Waals surface area contributed by atoms with Crippen LogP contribution in [0.4, 0.5) is 0 Å². The summed E-state index contributed by atoms with van der Waals surface area (Å²) in [5, 5.41) is 2.54. The summed E-state index contributed by atoms with van der Waals surface area (Å²) in [6.45, 7) is 1.99. The van der Waals surface area contributed by atoms with Crippen LogP contribution in [0.25, 0.3) is 0 Å². The number of rotatable bonds is 1. The zero-order valence-electron chi connectivity index (χ0n) is 10.5. The minimum Gasteiger partial charge on any atom is -0.295 e. The van der Waals surface area contributed by atoms with Gasteiger partial charge >= 0.3 is 0 Å². The molecule has 18 heavy (non-hydrogen) atoms. The molecule has 1 spiro atoms. The molecule has 2 amide bonds.